The molecule has 0 radical (unpaired) electrons. The van der Waals surface area contributed by atoms with Gasteiger partial charge in [0.05, 0.1) is 10.6 Å². The third-order valence-corrected chi connectivity index (χ3v) is 5.28. The number of nitrogens with one attached hydrogen (secondary N) is 2. The van der Waals surface area contributed by atoms with Crippen LogP contribution in [0, 0.1) is 0 Å². The van der Waals surface area contributed by atoms with Crippen LogP contribution in [0.4, 0.5) is 5.82 Å². The summed E-state index contributed by atoms with van der Waals surface area (Å²) >= 11 is 1.57. The number of benzene rings is 1. The Bertz CT molecular complexity index is 1060. The summed E-state index contributed by atoms with van der Waals surface area (Å²) in [4.78, 5) is 22.3. The highest BCUT2D eigenvalue weighted by Crippen LogP contribution is 2.25. The van der Waals surface area contributed by atoms with Crippen LogP contribution in [0.2, 0.25) is 0 Å². The number of carbonyl (C=O) groups is 1. The molecule has 0 fully saturated rings. The monoisotopic (exact) mass is 418 g/mol. The van der Waals surface area contributed by atoms with Crippen LogP contribution < -0.4 is 10.6 Å². The number of pyridine rings is 1. The zero-order valence-electron chi connectivity index (χ0n) is 16.4. The number of nitrogens with zero attached hydrogens (tertiary/aromatic N) is 4. The number of hydrogen-bond donors (Lipinski definition) is 2. The predicted molar refractivity (Wildman–Crippen MR) is 119 cm³/mol. The molecule has 2 N–H and O–H groups in total. The van der Waals surface area contributed by atoms with Gasteiger partial charge in [-0.25, -0.2) is 14.6 Å². The molecule has 1 aromatic carbocycles. The van der Waals surface area contributed by atoms with Gasteiger partial charge in [-0.2, -0.15) is 0 Å². The quantitative estimate of drug-likeness (QED) is 0.401. The smallest absolute Gasteiger partial charge is 0.290 e. The van der Waals surface area contributed by atoms with E-state index >= 15 is 0 Å². The average Bonchev–Trinajstić information content (AvgIpc) is 3.47. The Morgan fingerprint density at radius 1 is 0.967 bits per heavy atom. The van der Waals surface area contributed by atoms with Crippen molar-refractivity contribution < 1.29 is 4.79 Å². The SMILES string of the molecule is O=C(NCCCCNc1ccccn1)c1nc(-c2cccs2)n(-c2ccccc2)n1. The van der Waals surface area contributed by atoms with Gasteiger partial charge >= 0.3 is 0 Å². The molecule has 0 spiro atoms. The standard InChI is InChI=1S/C22H22N6OS/c29-22(25-15-7-6-14-24-19-12-4-5-13-23-19)20-26-21(18-11-8-16-30-18)28(27-20)17-9-2-1-3-10-17/h1-5,8-13,16H,6-7,14-15H2,(H,23,24)(H,25,29). The first kappa shape index (κ1) is 19.8. The lowest BCUT2D eigenvalue weighted by Crippen LogP contribution is -2.26. The van der Waals surface area contributed by atoms with Gasteiger partial charge in [-0.1, -0.05) is 30.3 Å². The summed E-state index contributed by atoms with van der Waals surface area (Å²) in [6, 6.07) is 19.4. The molecule has 4 aromatic rings. The maximum atomic E-state index is 12.6. The Labute approximate surface area is 178 Å². The van der Waals surface area contributed by atoms with Crippen molar-refractivity contribution >= 4 is 23.1 Å². The van der Waals surface area contributed by atoms with E-state index in [0.717, 1.165) is 35.8 Å². The van der Waals surface area contributed by atoms with Crippen LogP contribution in [-0.4, -0.2) is 38.7 Å². The number of hydrogen-bond acceptors (Lipinski definition) is 6. The molecular formula is C22H22N6OS. The summed E-state index contributed by atoms with van der Waals surface area (Å²) < 4.78 is 1.72. The van der Waals surface area contributed by atoms with E-state index in [1.807, 2.05) is 66.0 Å². The molecule has 0 saturated carbocycles. The van der Waals surface area contributed by atoms with Crippen LogP contribution in [0.1, 0.15) is 23.5 Å². The first-order valence-corrected chi connectivity index (χ1v) is 10.7. The number of aromatic nitrogens is 4. The molecule has 7 nitrogen and oxygen atoms in total. The normalized spacial score (nSPS) is 10.7. The van der Waals surface area contributed by atoms with Crippen molar-refractivity contribution in [2.24, 2.45) is 0 Å². The Morgan fingerprint density at radius 2 is 1.80 bits per heavy atom. The van der Waals surface area contributed by atoms with Gasteiger partial charge < -0.3 is 10.6 Å². The summed E-state index contributed by atoms with van der Waals surface area (Å²) in [6.45, 7) is 1.37. The van der Waals surface area contributed by atoms with Gasteiger partial charge in [-0.15, -0.1) is 16.4 Å². The summed E-state index contributed by atoms with van der Waals surface area (Å²) in [5.41, 5.74) is 0.869. The van der Waals surface area contributed by atoms with Gasteiger partial charge in [-0.3, -0.25) is 4.79 Å². The summed E-state index contributed by atoms with van der Waals surface area (Å²) in [5, 5.41) is 12.6. The second kappa shape index (κ2) is 9.80. The number of para-hydroxylation sites is 1. The molecule has 1 amide bonds. The van der Waals surface area contributed by atoms with Crippen LogP contribution in [-0.2, 0) is 0 Å². The van der Waals surface area contributed by atoms with E-state index in [2.05, 4.69) is 25.7 Å². The zero-order valence-corrected chi connectivity index (χ0v) is 17.2. The van der Waals surface area contributed by atoms with Gasteiger partial charge in [-0.05, 0) is 48.6 Å². The number of unbranched alkanes of at least 4 members (excludes halogenated alkanes) is 1. The molecule has 0 unspecified atom stereocenters. The average molecular weight is 419 g/mol. The number of carbonyl (C=O) groups excluding carboxylic acids is 1. The van der Waals surface area contributed by atoms with Gasteiger partial charge in [0.2, 0.25) is 5.82 Å². The molecule has 4 rings (SSSR count). The van der Waals surface area contributed by atoms with Gasteiger partial charge in [0.15, 0.2) is 5.82 Å². The minimum absolute atomic E-state index is 0.175. The van der Waals surface area contributed by atoms with Crippen molar-refractivity contribution in [3.63, 3.8) is 0 Å². The predicted octanol–water partition coefficient (Wildman–Crippen LogP) is 4.01. The third kappa shape index (κ3) is 4.90. The molecule has 0 atom stereocenters. The fourth-order valence-electron chi connectivity index (χ4n) is 2.94. The van der Waals surface area contributed by atoms with Crippen molar-refractivity contribution in [3.05, 3.63) is 78.1 Å². The Kier molecular flexibility index (Phi) is 6.46. The minimum Gasteiger partial charge on any atom is -0.370 e. The van der Waals surface area contributed by atoms with E-state index in [9.17, 15) is 4.79 Å². The third-order valence-electron chi connectivity index (χ3n) is 4.41. The van der Waals surface area contributed by atoms with Gasteiger partial charge in [0.25, 0.3) is 5.91 Å². The van der Waals surface area contributed by atoms with E-state index in [1.165, 1.54) is 0 Å². The Morgan fingerprint density at radius 3 is 2.57 bits per heavy atom. The topological polar surface area (TPSA) is 84.7 Å². The second-order valence-electron chi connectivity index (χ2n) is 6.59. The number of anilines is 1. The minimum atomic E-state index is -0.264. The number of thiophene rings is 1. The maximum Gasteiger partial charge on any atom is 0.290 e. The Hall–Kier alpha value is -3.52. The molecule has 8 heteroatoms. The van der Waals surface area contributed by atoms with Crippen molar-refractivity contribution in [2.45, 2.75) is 12.8 Å². The first-order valence-electron chi connectivity index (χ1n) is 9.81. The van der Waals surface area contributed by atoms with Gasteiger partial charge in [0.1, 0.15) is 5.82 Å². The van der Waals surface area contributed by atoms with E-state index < -0.39 is 0 Å². The highest BCUT2D eigenvalue weighted by atomic mass is 32.1. The van der Waals surface area contributed by atoms with E-state index in [1.54, 1.807) is 22.2 Å². The molecule has 30 heavy (non-hydrogen) atoms. The molecule has 0 saturated heterocycles. The largest absolute Gasteiger partial charge is 0.370 e. The molecule has 0 aliphatic carbocycles. The van der Waals surface area contributed by atoms with Crippen LogP contribution in [0.5, 0.6) is 0 Å². The molecule has 152 valence electrons. The van der Waals surface area contributed by atoms with E-state index in [4.69, 9.17) is 0 Å². The maximum absolute atomic E-state index is 12.6. The van der Waals surface area contributed by atoms with Crippen molar-refractivity contribution in [1.29, 1.82) is 0 Å². The fraction of sp³-hybridized carbons (Fsp3) is 0.182. The van der Waals surface area contributed by atoms with Crippen LogP contribution >= 0.6 is 11.3 Å². The lowest BCUT2D eigenvalue weighted by atomic mass is 10.3. The lowest BCUT2D eigenvalue weighted by molar-refractivity contribution is 0.0943. The van der Waals surface area contributed by atoms with E-state index in [-0.39, 0.29) is 11.7 Å². The number of rotatable bonds is 9. The summed E-state index contributed by atoms with van der Waals surface area (Å²) in [7, 11) is 0. The second-order valence-corrected chi connectivity index (χ2v) is 7.54. The Balaban J connectivity index is 1.35. The van der Waals surface area contributed by atoms with Crippen LogP contribution in [0.15, 0.2) is 72.2 Å². The number of amides is 1. The van der Waals surface area contributed by atoms with Crippen LogP contribution in [0.3, 0.4) is 0 Å². The molecule has 3 heterocycles. The zero-order chi connectivity index (χ0) is 20.6. The molecular weight excluding hydrogens is 396 g/mol. The summed E-state index contributed by atoms with van der Waals surface area (Å²) in [5.74, 6) is 1.44. The summed E-state index contributed by atoms with van der Waals surface area (Å²) in [6.07, 6.45) is 3.53. The van der Waals surface area contributed by atoms with Crippen molar-refractivity contribution in [3.8, 4) is 16.4 Å². The highest BCUT2D eigenvalue weighted by Gasteiger charge is 2.18. The van der Waals surface area contributed by atoms with Crippen molar-refractivity contribution in [1.82, 2.24) is 25.1 Å². The molecule has 0 aliphatic rings. The lowest BCUT2D eigenvalue weighted by Gasteiger charge is -2.05. The van der Waals surface area contributed by atoms with Crippen molar-refractivity contribution in [2.75, 3.05) is 18.4 Å². The first-order chi connectivity index (χ1) is 14.8. The van der Waals surface area contributed by atoms with Crippen LogP contribution in [0.25, 0.3) is 16.4 Å². The van der Waals surface area contributed by atoms with E-state index in [0.29, 0.717) is 12.4 Å². The molecule has 0 bridgehead atoms. The highest BCUT2D eigenvalue weighted by molar-refractivity contribution is 7.13. The van der Waals surface area contributed by atoms with Gasteiger partial charge in [0, 0.05) is 19.3 Å². The fourth-order valence-corrected chi connectivity index (χ4v) is 3.64. The molecule has 0 aliphatic heterocycles. The molecule has 3 aromatic heterocycles.